The zero-order valence-corrected chi connectivity index (χ0v) is 16.2. The first kappa shape index (κ1) is 17.2. The molecule has 5 rings (SSSR count). The van der Waals surface area contributed by atoms with Gasteiger partial charge in [-0.05, 0) is 59.0 Å². The molecule has 0 radical (unpaired) electrons. The topological polar surface area (TPSA) is 53.3 Å². The number of hydrogen-bond donors (Lipinski definition) is 0. The summed E-state index contributed by atoms with van der Waals surface area (Å²) in [5.41, 5.74) is 7.59. The summed E-state index contributed by atoms with van der Waals surface area (Å²) in [6, 6.07) is 14.2. The number of Topliss-reactive ketones (excluding diaryl/α,β-unsaturated/α-hetero) is 1. The van der Waals surface area contributed by atoms with Crippen LogP contribution in [0.4, 0.5) is 5.69 Å². The predicted octanol–water partition coefficient (Wildman–Crippen LogP) is 3.88. The normalized spacial score (nSPS) is 19.8. The maximum atomic E-state index is 13.4. The predicted molar refractivity (Wildman–Crippen MR) is 109 cm³/mol. The van der Waals surface area contributed by atoms with E-state index in [1.807, 2.05) is 24.3 Å². The molecule has 2 aromatic rings. The van der Waals surface area contributed by atoms with Crippen LogP contribution in [0.2, 0.25) is 0 Å². The van der Waals surface area contributed by atoms with Gasteiger partial charge in [-0.2, -0.15) is 5.26 Å². The summed E-state index contributed by atoms with van der Waals surface area (Å²) >= 11 is 0. The second kappa shape index (κ2) is 6.05. The van der Waals surface area contributed by atoms with E-state index in [1.165, 1.54) is 5.57 Å². The summed E-state index contributed by atoms with van der Waals surface area (Å²) in [6.07, 6.45) is 0.736. The lowest BCUT2D eigenvalue weighted by atomic mass is 9.68. The van der Waals surface area contributed by atoms with Crippen molar-refractivity contribution in [3.63, 3.8) is 0 Å². The number of nitriles is 1. The lowest BCUT2D eigenvalue weighted by Crippen LogP contribution is -2.37. The van der Waals surface area contributed by atoms with Crippen LogP contribution >= 0.6 is 0 Å². The molecule has 1 fully saturated rings. The number of allylic oxidation sites excluding steroid dienone is 2. The minimum atomic E-state index is -0.229. The van der Waals surface area contributed by atoms with Crippen LogP contribution in [-0.4, -0.2) is 32.1 Å². The van der Waals surface area contributed by atoms with E-state index in [2.05, 4.69) is 36.9 Å². The largest absolute Gasteiger partial charge is 0.378 e. The SMILES string of the molecule is CC1(C)C2=C(C(=O)c3ccc(N4CCOCC4)cc31)c1ccc(C#N)cc1C2. The van der Waals surface area contributed by atoms with Crippen LogP contribution in [0, 0.1) is 11.3 Å². The van der Waals surface area contributed by atoms with Gasteiger partial charge in [0.1, 0.15) is 0 Å². The summed E-state index contributed by atoms with van der Waals surface area (Å²) in [5.74, 6) is 0.112. The Morgan fingerprint density at radius 2 is 1.82 bits per heavy atom. The van der Waals surface area contributed by atoms with Gasteiger partial charge in [-0.15, -0.1) is 0 Å². The third-order valence-corrected chi connectivity index (χ3v) is 6.45. The summed E-state index contributed by atoms with van der Waals surface area (Å²) in [6.45, 7) is 7.67. The molecule has 140 valence electrons. The summed E-state index contributed by atoms with van der Waals surface area (Å²) in [7, 11) is 0. The third kappa shape index (κ3) is 2.36. The number of benzene rings is 2. The van der Waals surface area contributed by atoms with Gasteiger partial charge in [-0.3, -0.25) is 4.79 Å². The van der Waals surface area contributed by atoms with Gasteiger partial charge in [0.15, 0.2) is 5.78 Å². The first-order chi connectivity index (χ1) is 13.5. The lowest BCUT2D eigenvalue weighted by Gasteiger charge is -2.36. The van der Waals surface area contributed by atoms with Gasteiger partial charge in [-0.25, -0.2) is 0 Å². The second-order valence-corrected chi connectivity index (χ2v) is 8.30. The molecule has 3 aliphatic rings. The van der Waals surface area contributed by atoms with Gasteiger partial charge >= 0.3 is 0 Å². The van der Waals surface area contributed by atoms with Crippen LogP contribution in [0.15, 0.2) is 42.0 Å². The molecule has 2 aromatic carbocycles. The number of carbonyl (C=O) groups excluding carboxylic acids is 1. The van der Waals surface area contributed by atoms with E-state index in [-0.39, 0.29) is 11.2 Å². The zero-order chi connectivity index (χ0) is 19.5. The lowest BCUT2D eigenvalue weighted by molar-refractivity contribution is 0.105. The fourth-order valence-corrected chi connectivity index (χ4v) is 4.85. The quantitative estimate of drug-likeness (QED) is 0.764. The molecule has 0 unspecified atom stereocenters. The van der Waals surface area contributed by atoms with Crippen molar-refractivity contribution < 1.29 is 9.53 Å². The first-order valence-corrected chi connectivity index (χ1v) is 9.79. The molecule has 4 heteroatoms. The molecule has 28 heavy (non-hydrogen) atoms. The van der Waals surface area contributed by atoms with Crippen LogP contribution in [-0.2, 0) is 16.6 Å². The molecule has 0 amide bonds. The minimum absolute atomic E-state index is 0.112. The zero-order valence-electron chi connectivity index (χ0n) is 16.2. The van der Waals surface area contributed by atoms with E-state index >= 15 is 0 Å². The van der Waals surface area contributed by atoms with E-state index in [4.69, 9.17) is 4.74 Å². The Morgan fingerprint density at radius 3 is 2.57 bits per heavy atom. The number of ketones is 1. The van der Waals surface area contributed by atoms with Crippen LogP contribution in [0.3, 0.4) is 0 Å². The Balaban J connectivity index is 1.62. The summed E-state index contributed by atoms with van der Waals surface area (Å²) in [5, 5.41) is 9.23. The Morgan fingerprint density at radius 1 is 1.07 bits per heavy atom. The van der Waals surface area contributed by atoms with Crippen LogP contribution in [0.5, 0.6) is 0 Å². The number of fused-ring (bicyclic) bond motifs is 3. The number of anilines is 1. The molecular weight excluding hydrogens is 348 g/mol. The highest BCUT2D eigenvalue weighted by Gasteiger charge is 2.43. The van der Waals surface area contributed by atoms with Gasteiger partial charge in [0.2, 0.25) is 0 Å². The maximum absolute atomic E-state index is 13.4. The van der Waals surface area contributed by atoms with Gasteiger partial charge in [0.25, 0.3) is 0 Å². The minimum Gasteiger partial charge on any atom is -0.378 e. The Kier molecular flexibility index (Phi) is 3.72. The van der Waals surface area contributed by atoms with Gasteiger partial charge in [-0.1, -0.05) is 19.9 Å². The molecule has 1 saturated heterocycles. The smallest absolute Gasteiger partial charge is 0.193 e. The number of hydrogen-bond acceptors (Lipinski definition) is 4. The van der Waals surface area contributed by atoms with Gasteiger partial charge in [0, 0.05) is 35.3 Å². The Labute approximate surface area is 165 Å². The first-order valence-electron chi connectivity index (χ1n) is 9.79. The molecule has 4 nitrogen and oxygen atoms in total. The molecule has 0 bridgehead atoms. The molecule has 1 heterocycles. The maximum Gasteiger partial charge on any atom is 0.193 e. The summed E-state index contributed by atoms with van der Waals surface area (Å²) < 4.78 is 5.48. The van der Waals surface area contributed by atoms with E-state index in [0.717, 1.165) is 66.2 Å². The van der Waals surface area contributed by atoms with Crippen molar-refractivity contribution in [3.05, 3.63) is 69.8 Å². The standard InChI is InChI=1S/C24H22N2O2/c1-24(2)20-13-17(26-7-9-28-10-8-26)4-6-19(20)23(27)22-18-5-3-15(14-25)11-16(18)12-21(22)24/h3-6,11,13H,7-10,12H2,1-2H3. The van der Waals surface area contributed by atoms with Crippen molar-refractivity contribution in [2.24, 2.45) is 0 Å². The number of rotatable bonds is 1. The number of ether oxygens (including phenoxy) is 1. The van der Waals surface area contributed by atoms with Crippen molar-refractivity contribution in [2.75, 3.05) is 31.2 Å². The average molecular weight is 370 g/mol. The highest BCUT2D eigenvalue weighted by molar-refractivity contribution is 6.33. The van der Waals surface area contributed by atoms with E-state index in [1.54, 1.807) is 0 Å². The summed E-state index contributed by atoms with van der Waals surface area (Å²) in [4.78, 5) is 15.8. The molecule has 0 N–H and O–H groups in total. The Hall–Kier alpha value is -2.90. The van der Waals surface area contributed by atoms with E-state index < -0.39 is 0 Å². The van der Waals surface area contributed by atoms with Crippen LogP contribution in [0.25, 0.3) is 5.57 Å². The van der Waals surface area contributed by atoms with Crippen molar-refractivity contribution in [1.29, 1.82) is 5.26 Å². The molecule has 0 aromatic heterocycles. The molecule has 0 saturated carbocycles. The molecule has 0 spiro atoms. The fraction of sp³-hybridized carbons (Fsp3) is 0.333. The van der Waals surface area contributed by atoms with Gasteiger partial charge in [0.05, 0.1) is 24.8 Å². The van der Waals surface area contributed by atoms with Crippen LogP contribution in [0.1, 0.15) is 46.5 Å². The van der Waals surface area contributed by atoms with Crippen LogP contribution < -0.4 is 4.90 Å². The molecule has 1 aliphatic heterocycles. The molecule has 2 aliphatic carbocycles. The van der Waals surface area contributed by atoms with Crippen molar-refractivity contribution in [3.8, 4) is 6.07 Å². The number of nitrogens with zero attached hydrogens (tertiary/aromatic N) is 2. The Bertz CT molecular complexity index is 1080. The molecule has 0 atom stereocenters. The number of carbonyl (C=O) groups is 1. The van der Waals surface area contributed by atoms with Gasteiger partial charge < -0.3 is 9.64 Å². The number of morpholine rings is 1. The monoisotopic (exact) mass is 370 g/mol. The van der Waals surface area contributed by atoms with Crippen molar-refractivity contribution in [2.45, 2.75) is 25.7 Å². The fourth-order valence-electron chi connectivity index (χ4n) is 4.85. The van der Waals surface area contributed by atoms with Crippen molar-refractivity contribution >= 4 is 17.0 Å². The average Bonchev–Trinajstić information content (AvgIpc) is 3.12. The highest BCUT2D eigenvalue weighted by Crippen LogP contribution is 2.50. The highest BCUT2D eigenvalue weighted by atomic mass is 16.5. The second-order valence-electron chi connectivity index (χ2n) is 8.30. The van der Waals surface area contributed by atoms with E-state index in [9.17, 15) is 10.1 Å². The van der Waals surface area contributed by atoms with E-state index in [0.29, 0.717) is 5.56 Å². The van der Waals surface area contributed by atoms with Crippen molar-refractivity contribution in [1.82, 2.24) is 0 Å². The third-order valence-electron chi connectivity index (χ3n) is 6.45. The molecular formula is C24H22N2O2.